The van der Waals surface area contributed by atoms with Crippen molar-refractivity contribution in [2.45, 2.75) is 6.92 Å². The van der Waals surface area contributed by atoms with Crippen LogP contribution in [0.5, 0.6) is 0 Å². The number of carbonyl (C=O) groups excluding carboxylic acids is 1. The van der Waals surface area contributed by atoms with Gasteiger partial charge in [-0.05, 0) is 65.2 Å². The fourth-order valence-corrected chi connectivity index (χ4v) is 3.12. The van der Waals surface area contributed by atoms with E-state index in [1.807, 2.05) is 42.5 Å². The summed E-state index contributed by atoms with van der Waals surface area (Å²) in [6.45, 7) is 3.17. The van der Waals surface area contributed by atoms with E-state index in [2.05, 4.69) is 64.0 Å². The van der Waals surface area contributed by atoms with Gasteiger partial charge in [0.2, 0.25) is 5.91 Å². The molecule has 0 unspecified atom stereocenters. The maximum atomic E-state index is 12.4. The molecule has 3 aromatic rings. The summed E-state index contributed by atoms with van der Waals surface area (Å²) in [5.74, 6) is -0.00834. The molecular weight excluding hydrogens is 411 g/mol. The molecule has 0 aliphatic heterocycles. The fraction of sp³-hybridized carbons (Fsp3) is 0.150. The molecule has 3 nitrogen and oxygen atoms in total. The summed E-state index contributed by atoms with van der Waals surface area (Å²) < 4.78 is 1.15. The van der Waals surface area contributed by atoms with Crippen LogP contribution in [0.4, 0.5) is 11.4 Å². The van der Waals surface area contributed by atoms with Crippen LogP contribution in [0.2, 0.25) is 0 Å². The van der Waals surface area contributed by atoms with Gasteiger partial charge >= 0.3 is 0 Å². The van der Waals surface area contributed by atoms with E-state index in [1.54, 1.807) is 0 Å². The number of anilines is 2. The normalized spacial score (nSPS) is 10.6. The molecule has 0 saturated heterocycles. The van der Waals surface area contributed by atoms with E-state index in [4.69, 9.17) is 0 Å². The van der Waals surface area contributed by atoms with E-state index in [9.17, 15) is 4.79 Å². The zero-order valence-corrected chi connectivity index (χ0v) is 15.7. The number of nitrogens with zero attached hydrogens (tertiary/aromatic N) is 1. The molecule has 0 radical (unpaired) electrons. The number of rotatable bonds is 5. The number of fused-ring (bicyclic) bond motifs is 1. The number of hydrogen-bond donors (Lipinski definition) is 1. The molecule has 122 valence electrons. The topological polar surface area (TPSA) is 32.3 Å². The highest BCUT2D eigenvalue weighted by atomic mass is 127. The van der Waals surface area contributed by atoms with Crippen LogP contribution in [0.15, 0.2) is 66.7 Å². The minimum atomic E-state index is -0.00834. The van der Waals surface area contributed by atoms with Crippen LogP contribution in [0.1, 0.15) is 6.92 Å². The van der Waals surface area contributed by atoms with Crippen LogP contribution in [-0.4, -0.2) is 19.0 Å². The van der Waals surface area contributed by atoms with Gasteiger partial charge in [-0.15, -0.1) is 0 Å². The van der Waals surface area contributed by atoms with Crippen molar-refractivity contribution in [2.75, 3.05) is 23.3 Å². The second kappa shape index (κ2) is 7.66. The number of nitrogens with one attached hydrogen (secondary N) is 1. The van der Waals surface area contributed by atoms with Crippen LogP contribution in [-0.2, 0) is 4.79 Å². The SMILES string of the molecule is CCN(CC(=O)Nc1ccc(I)cc1)c1cccc2ccccc12. The lowest BCUT2D eigenvalue weighted by molar-refractivity contribution is -0.115. The van der Waals surface area contributed by atoms with Gasteiger partial charge in [0.05, 0.1) is 6.54 Å². The number of hydrogen-bond acceptors (Lipinski definition) is 2. The number of halogens is 1. The predicted octanol–water partition coefficient (Wildman–Crippen LogP) is 4.91. The number of benzene rings is 3. The molecule has 3 rings (SSSR count). The monoisotopic (exact) mass is 430 g/mol. The lowest BCUT2D eigenvalue weighted by Crippen LogP contribution is -2.33. The molecule has 1 N–H and O–H groups in total. The Morgan fingerprint density at radius 2 is 1.71 bits per heavy atom. The third-order valence-electron chi connectivity index (χ3n) is 3.95. The molecule has 0 aliphatic carbocycles. The summed E-state index contributed by atoms with van der Waals surface area (Å²) in [5, 5.41) is 5.32. The second-order valence-electron chi connectivity index (χ2n) is 5.57. The Morgan fingerprint density at radius 1 is 1.00 bits per heavy atom. The van der Waals surface area contributed by atoms with Gasteiger partial charge in [0.1, 0.15) is 0 Å². The highest BCUT2D eigenvalue weighted by molar-refractivity contribution is 14.1. The van der Waals surface area contributed by atoms with Gasteiger partial charge in [-0.2, -0.15) is 0 Å². The van der Waals surface area contributed by atoms with Crippen molar-refractivity contribution in [3.8, 4) is 0 Å². The molecule has 0 spiro atoms. The van der Waals surface area contributed by atoms with Crippen LogP contribution >= 0.6 is 22.6 Å². The van der Waals surface area contributed by atoms with Gasteiger partial charge in [0.25, 0.3) is 0 Å². The summed E-state index contributed by atoms with van der Waals surface area (Å²) >= 11 is 2.25. The smallest absolute Gasteiger partial charge is 0.243 e. The van der Waals surface area contributed by atoms with Crippen LogP contribution in [0.25, 0.3) is 10.8 Å². The van der Waals surface area contributed by atoms with E-state index in [-0.39, 0.29) is 5.91 Å². The first-order valence-electron chi connectivity index (χ1n) is 7.95. The average Bonchev–Trinajstić information content (AvgIpc) is 2.61. The Labute approximate surface area is 155 Å². The Morgan fingerprint density at radius 3 is 2.46 bits per heavy atom. The molecule has 0 aromatic heterocycles. The number of carbonyl (C=O) groups is 1. The van der Waals surface area contributed by atoms with Crippen molar-refractivity contribution in [1.29, 1.82) is 0 Å². The lowest BCUT2D eigenvalue weighted by atomic mass is 10.1. The Hall–Kier alpha value is -2.08. The van der Waals surface area contributed by atoms with Gasteiger partial charge in [0.15, 0.2) is 0 Å². The van der Waals surface area contributed by atoms with Crippen molar-refractivity contribution in [3.63, 3.8) is 0 Å². The van der Waals surface area contributed by atoms with Gasteiger partial charge in [0, 0.05) is 26.9 Å². The van der Waals surface area contributed by atoms with Crippen molar-refractivity contribution in [2.24, 2.45) is 0 Å². The first-order valence-corrected chi connectivity index (χ1v) is 9.03. The highest BCUT2D eigenvalue weighted by Gasteiger charge is 2.12. The van der Waals surface area contributed by atoms with Crippen LogP contribution in [0.3, 0.4) is 0 Å². The van der Waals surface area contributed by atoms with Gasteiger partial charge in [-0.25, -0.2) is 0 Å². The number of likely N-dealkylation sites (N-methyl/N-ethyl adjacent to an activating group) is 1. The maximum absolute atomic E-state index is 12.4. The molecule has 0 aliphatic rings. The van der Waals surface area contributed by atoms with Gasteiger partial charge < -0.3 is 10.2 Å². The zero-order valence-electron chi connectivity index (χ0n) is 13.5. The lowest BCUT2D eigenvalue weighted by Gasteiger charge is -2.24. The van der Waals surface area contributed by atoms with Gasteiger partial charge in [-0.3, -0.25) is 4.79 Å². The molecule has 0 bridgehead atoms. The maximum Gasteiger partial charge on any atom is 0.243 e. The molecule has 3 aromatic carbocycles. The predicted molar refractivity (Wildman–Crippen MR) is 110 cm³/mol. The Balaban J connectivity index is 1.78. The third kappa shape index (κ3) is 3.87. The molecule has 0 heterocycles. The van der Waals surface area contributed by atoms with E-state index in [0.717, 1.165) is 21.5 Å². The Kier molecular flexibility index (Phi) is 5.35. The second-order valence-corrected chi connectivity index (χ2v) is 6.81. The molecule has 4 heteroatoms. The molecule has 0 atom stereocenters. The number of amides is 1. The fourth-order valence-electron chi connectivity index (χ4n) is 2.76. The molecule has 0 saturated carbocycles. The summed E-state index contributed by atoms with van der Waals surface area (Å²) in [6.07, 6.45) is 0. The van der Waals surface area contributed by atoms with E-state index in [0.29, 0.717) is 6.54 Å². The standard InChI is InChI=1S/C20H19IN2O/c1-2-23(14-20(24)22-17-12-10-16(21)11-13-17)19-9-5-7-15-6-3-4-8-18(15)19/h3-13H,2,14H2,1H3,(H,22,24). The van der Waals surface area contributed by atoms with E-state index < -0.39 is 0 Å². The molecular formula is C20H19IN2O. The molecule has 1 amide bonds. The highest BCUT2D eigenvalue weighted by Crippen LogP contribution is 2.26. The summed E-state index contributed by atoms with van der Waals surface area (Å²) in [5.41, 5.74) is 1.92. The minimum absolute atomic E-state index is 0.00834. The van der Waals surface area contributed by atoms with E-state index in [1.165, 1.54) is 10.8 Å². The van der Waals surface area contributed by atoms with Crippen LogP contribution < -0.4 is 10.2 Å². The van der Waals surface area contributed by atoms with E-state index >= 15 is 0 Å². The summed E-state index contributed by atoms with van der Waals surface area (Å²) in [4.78, 5) is 14.5. The van der Waals surface area contributed by atoms with Gasteiger partial charge in [-0.1, -0.05) is 36.4 Å². The zero-order chi connectivity index (χ0) is 16.9. The largest absolute Gasteiger partial charge is 0.362 e. The van der Waals surface area contributed by atoms with Crippen molar-refractivity contribution >= 4 is 50.6 Å². The quantitative estimate of drug-likeness (QED) is 0.584. The van der Waals surface area contributed by atoms with Crippen molar-refractivity contribution < 1.29 is 4.79 Å². The average molecular weight is 430 g/mol. The molecule has 24 heavy (non-hydrogen) atoms. The van der Waals surface area contributed by atoms with Crippen molar-refractivity contribution in [3.05, 3.63) is 70.3 Å². The first-order chi connectivity index (χ1) is 11.7. The van der Waals surface area contributed by atoms with Crippen molar-refractivity contribution in [1.82, 2.24) is 0 Å². The summed E-state index contributed by atoms with van der Waals surface area (Å²) in [7, 11) is 0. The summed E-state index contributed by atoms with van der Waals surface area (Å²) in [6, 6.07) is 22.3. The van der Waals surface area contributed by atoms with Crippen LogP contribution in [0, 0.1) is 3.57 Å². The minimum Gasteiger partial charge on any atom is -0.362 e. The molecule has 0 fully saturated rings. The Bertz CT molecular complexity index is 840. The first kappa shape index (κ1) is 16.8. The third-order valence-corrected chi connectivity index (χ3v) is 4.67.